The Labute approximate surface area is 121 Å². The second-order valence-corrected chi connectivity index (χ2v) is 5.72. The van der Waals surface area contributed by atoms with E-state index in [-0.39, 0.29) is 17.7 Å². The summed E-state index contributed by atoms with van der Waals surface area (Å²) in [6, 6.07) is 5.36. The van der Waals surface area contributed by atoms with Crippen LogP contribution in [-0.4, -0.2) is 17.7 Å². The van der Waals surface area contributed by atoms with Crippen molar-refractivity contribution in [2.24, 2.45) is 0 Å². The van der Waals surface area contributed by atoms with Gasteiger partial charge < -0.3 is 5.32 Å². The number of carbonyl (C=O) groups excluding carboxylic acids is 1. The summed E-state index contributed by atoms with van der Waals surface area (Å²) in [5, 5.41) is 3.67. The summed E-state index contributed by atoms with van der Waals surface area (Å²) in [5.41, 5.74) is 0.849. The molecule has 0 aliphatic carbocycles. The van der Waals surface area contributed by atoms with Crippen molar-refractivity contribution in [3.63, 3.8) is 0 Å². The van der Waals surface area contributed by atoms with Crippen molar-refractivity contribution in [1.29, 1.82) is 0 Å². The van der Waals surface area contributed by atoms with Crippen LogP contribution in [0.3, 0.4) is 0 Å². The van der Waals surface area contributed by atoms with E-state index in [2.05, 4.69) is 11.2 Å². The van der Waals surface area contributed by atoms with Crippen molar-refractivity contribution in [3.8, 4) is 12.3 Å². The Morgan fingerprint density at radius 3 is 2.67 bits per heavy atom. The van der Waals surface area contributed by atoms with Crippen LogP contribution in [0, 0.1) is 12.3 Å². The van der Waals surface area contributed by atoms with E-state index in [1.165, 1.54) is 11.8 Å². The number of rotatable bonds is 5. The molecule has 0 radical (unpaired) electrons. The minimum absolute atomic E-state index is 0.0823. The molecule has 0 spiro atoms. The van der Waals surface area contributed by atoms with E-state index in [9.17, 15) is 4.79 Å². The standard InChI is InChI=1S/C13H13Cl2NOS/c1-3-7-16-13(17)9(2)18-8-10-11(14)5-4-6-12(10)15/h1,4-6,9H,7-8H2,2H3,(H,16,17). The van der Waals surface area contributed by atoms with Crippen LogP contribution >= 0.6 is 35.0 Å². The number of terminal acetylenes is 1. The van der Waals surface area contributed by atoms with E-state index in [1.807, 2.05) is 6.92 Å². The molecule has 0 saturated carbocycles. The Balaban J connectivity index is 2.55. The molecular formula is C13H13Cl2NOS. The number of thioether (sulfide) groups is 1. The summed E-state index contributed by atoms with van der Waals surface area (Å²) in [4.78, 5) is 11.6. The van der Waals surface area contributed by atoms with Crippen molar-refractivity contribution in [1.82, 2.24) is 5.32 Å². The fourth-order valence-corrected chi connectivity index (χ4v) is 2.89. The Hall–Kier alpha value is -0.820. The zero-order valence-corrected chi connectivity index (χ0v) is 12.2. The Kier molecular flexibility index (Phi) is 6.42. The summed E-state index contributed by atoms with van der Waals surface area (Å²) in [6.07, 6.45) is 5.08. The van der Waals surface area contributed by atoms with Crippen molar-refractivity contribution < 1.29 is 4.79 Å². The van der Waals surface area contributed by atoms with Gasteiger partial charge in [0.15, 0.2) is 0 Å². The summed E-state index contributed by atoms with van der Waals surface area (Å²) in [7, 11) is 0. The molecule has 5 heteroatoms. The smallest absolute Gasteiger partial charge is 0.233 e. The van der Waals surface area contributed by atoms with Crippen LogP contribution in [0.5, 0.6) is 0 Å². The van der Waals surface area contributed by atoms with E-state index in [0.717, 1.165) is 5.56 Å². The first-order valence-electron chi connectivity index (χ1n) is 5.32. The molecule has 18 heavy (non-hydrogen) atoms. The van der Waals surface area contributed by atoms with Crippen LogP contribution in [-0.2, 0) is 10.5 Å². The molecule has 1 rings (SSSR count). The van der Waals surface area contributed by atoms with E-state index in [1.54, 1.807) is 18.2 Å². The predicted molar refractivity (Wildman–Crippen MR) is 79.1 cm³/mol. The molecule has 96 valence electrons. The maximum Gasteiger partial charge on any atom is 0.233 e. The van der Waals surface area contributed by atoms with Crippen molar-refractivity contribution in [2.75, 3.05) is 6.54 Å². The molecule has 0 fully saturated rings. The number of carbonyl (C=O) groups is 1. The van der Waals surface area contributed by atoms with Crippen LogP contribution in [0.4, 0.5) is 0 Å². The highest BCUT2D eigenvalue weighted by atomic mass is 35.5. The fraction of sp³-hybridized carbons (Fsp3) is 0.308. The highest BCUT2D eigenvalue weighted by molar-refractivity contribution is 7.99. The van der Waals surface area contributed by atoms with Gasteiger partial charge in [-0.1, -0.05) is 35.2 Å². The highest BCUT2D eigenvalue weighted by Crippen LogP contribution is 2.29. The zero-order chi connectivity index (χ0) is 13.5. The Morgan fingerprint density at radius 2 is 2.11 bits per heavy atom. The molecule has 1 amide bonds. The molecule has 1 aromatic carbocycles. The molecule has 1 aromatic rings. The topological polar surface area (TPSA) is 29.1 Å². The van der Waals surface area contributed by atoms with Gasteiger partial charge in [0.05, 0.1) is 11.8 Å². The third kappa shape index (κ3) is 4.45. The minimum atomic E-state index is -0.203. The summed E-state index contributed by atoms with van der Waals surface area (Å²) in [6.45, 7) is 2.07. The summed E-state index contributed by atoms with van der Waals surface area (Å²) < 4.78 is 0. The van der Waals surface area contributed by atoms with Crippen LogP contribution in [0.15, 0.2) is 18.2 Å². The minimum Gasteiger partial charge on any atom is -0.344 e. The van der Waals surface area contributed by atoms with Gasteiger partial charge in [0.1, 0.15) is 0 Å². The molecule has 1 atom stereocenters. The van der Waals surface area contributed by atoms with Gasteiger partial charge in [-0.05, 0) is 24.6 Å². The van der Waals surface area contributed by atoms with Gasteiger partial charge in [-0.15, -0.1) is 18.2 Å². The first-order valence-corrected chi connectivity index (χ1v) is 7.12. The van der Waals surface area contributed by atoms with E-state index in [0.29, 0.717) is 15.8 Å². The molecule has 1 unspecified atom stereocenters. The van der Waals surface area contributed by atoms with Crippen molar-refractivity contribution in [3.05, 3.63) is 33.8 Å². The monoisotopic (exact) mass is 301 g/mol. The lowest BCUT2D eigenvalue weighted by Gasteiger charge is -2.12. The van der Waals surface area contributed by atoms with E-state index >= 15 is 0 Å². The molecule has 0 aliphatic rings. The summed E-state index contributed by atoms with van der Waals surface area (Å²) in [5.74, 6) is 2.87. The lowest BCUT2D eigenvalue weighted by molar-refractivity contribution is -0.120. The second kappa shape index (κ2) is 7.58. The molecular weight excluding hydrogens is 289 g/mol. The normalized spacial score (nSPS) is 11.7. The molecule has 0 aliphatic heterocycles. The Bertz CT molecular complexity index is 450. The van der Waals surface area contributed by atoms with E-state index in [4.69, 9.17) is 29.6 Å². The fourth-order valence-electron chi connectivity index (χ4n) is 1.24. The van der Waals surface area contributed by atoms with Gasteiger partial charge in [-0.25, -0.2) is 0 Å². The van der Waals surface area contributed by atoms with Crippen LogP contribution in [0.2, 0.25) is 10.0 Å². The largest absolute Gasteiger partial charge is 0.344 e. The second-order valence-electron chi connectivity index (χ2n) is 3.58. The number of amides is 1. The average Bonchev–Trinajstić information content (AvgIpc) is 2.35. The number of halogens is 2. The van der Waals surface area contributed by atoms with Gasteiger partial charge in [-0.2, -0.15) is 0 Å². The first-order chi connectivity index (χ1) is 8.56. The number of nitrogens with one attached hydrogen (secondary N) is 1. The Morgan fingerprint density at radius 1 is 1.50 bits per heavy atom. The zero-order valence-electron chi connectivity index (χ0n) is 9.87. The van der Waals surface area contributed by atoms with Gasteiger partial charge in [0.2, 0.25) is 5.91 Å². The molecule has 0 saturated heterocycles. The van der Waals surface area contributed by atoms with Crippen molar-refractivity contribution >= 4 is 40.9 Å². The van der Waals surface area contributed by atoms with Gasteiger partial charge >= 0.3 is 0 Å². The van der Waals surface area contributed by atoms with Crippen LogP contribution in [0.25, 0.3) is 0 Å². The van der Waals surface area contributed by atoms with Gasteiger partial charge in [-0.3, -0.25) is 4.79 Å². The quantitative estimate of drug-likeness (QED) is 0.845. The maximum atomic E-state index is 11.6. The van der Waals surface area contributed by atoms with Crippen molar-refractivity contribution in [2.45, 2.75) is 17.9 Å². The first kappa shape index (κ1) is 15.2. The highest BCUT2D eigenvalue weighted by Gasteiger charge is 2.14. The summed E-state index contributed by atoms with van der Waals surface area (Å²) >= 11 is 13.6. The maximum absolute atomic E-state index is 11.6. The molecule has 0 aromatic heterocycles. The van der Waals surface area contributed by atoms with E-state index < -0.39 is 0 Å². The van der Waals surface area contributed by atoms with Gasteiger partial charge in [0.25, 0.3) is 0 Å². The SMILES string of the molecule is C#CCNC(=O)C(C)SCc1c(Cl)cccc1Cl. The lowest BCUT2D eigenvalue weighted by Crippen LogP contribution is -2.31. The molecule has 0 heterocycles. The average molecular weight is 302 g/mol. The number of benzene rings is 1. The molecule has 1 N–H and O–H groups in total. The van der Waals surface area contributed by atoms with Crippen LogP contribution < -0.4 is 5.32 Å². The number of hydrogen-bond donors (Lipinski definition) is 1. The third-order valence-corrected chi connectivity index (χ3v) is 4.15. The molecule has 2 nitrogen and oxygen atoms in total. The predicted octanol–water partition coefficient (Wildman–Crippen LogP) is 3.36. The van der Waals surface area contributed by atoms with Gasteiger partial charge in [0, 0.05) is 15.8 Å². The lowest BCUT2D eigenvalue weighted by atomic mass is 10.2. The molecule has 0 bridgehead atoms. The van der Waals surface area contributed by atoms with Crippen LogP contribution in [0.1, 0.15) is 12.5 Å². The third-order valence-electron chi connectivity index (χ3n) is 2.27. The number of hydrogen-bond acceptors (Lipinski definition) is 2.